The van der Waals surface area contributed by atoms with E-state index in [2.05, 4.69) is 71.3 Å². The summed E-state index contributed by atoms with van der Waals surface area (Å²) in [4.78, 5) is 99.4. The number of anilines is 2. The van der Waals surface area contributed by atoms with E-state index in [9.17, 15) is 28.8 Å². The number of hydrogen-bond acceptors (Lipinski definition) is 14. The van der Waals surface area contributed by atoms with Crippen LogP contribution in [0.5, 0.6) is 0 Å². The number of aromatic nitrogens is 12. The molecule has 0 aliphatic heterocycles. The van der Waals surface area contributed by atoms with Crippen molar-refractivity contribution in [2.24, 2.45) is 0 Å². The van der Waals surface area contributed by atoms with Gasteiger partial charge in [-0.3, -0.25) is 34.3 Å². The molecule has 0 aliphatic carbocycles. The van der Waals surface area contributed by atoms with Gasteiger partial charge in [0.25, 0.3) is 11.1 Å². The third-order valence-electron chi connectivity index (χ3n) is 10.5. The van der Waals surface area contributed by atoms with Gasteiger partial charge in [-0.25, -0.2) is 44.1 Å². The van der Waals surface area contributed by atoms with Gasteiger partial charge in [0.1, 0.15) is 31.2 Å². The Morgan fingerprint density at radius 3 is 1.57 bits per heavy atom. The molecule has 8 aromatic rings. The summed E-state index contributed by atoms with van der Waals surface area (Å²) in [6.07, 6.45) is 6.71. The summed E-state index contributed by atoms with van der Waals surface area (Å²) < 4.78 is 17.1. The standard InChI is InChI=1S/C17H19N5O2.C16H19N3O3.C10H14N4O.C9H14N2O2/c1-17(2,3)22-11-20-13-14(18-10-19-15(13)22)21-16(23)24-9-12-7-5-4-6-8-12;1-16(2,3)19-10-9-13(17-14(19)20)18-15(21)22-11-12-7-5-4-6-8-12;1-6-12-8-7(9(15)13-6)11-5-14(8)10(2,3)4;1-6-5-11(9(2,3)4)8(13)10-7(6)12/h4-8,10-11H,9H2,1-3H3,(H,18,19,21,23);4-10H,11H2,1-3H3,(H,17,18,20,21);5H,1-4H3,(H,12,13,15);5H,1-4H3,(H,10,12,13). The van der Waals surface area contributed by atoms with Gasteiger partial charge in [-0.2, -0.15) is 4.98 Å². The number of carbonyl (C=O) groups excluding carboxylic acids is 2. The van der Waals surface area contributed by atoms with Crippen molar-refractivity contribution in [1.82, 2.24) is 58.1 Å². The zero-order valence-electron chi connectivity index (χ0n) is 44.4. The van der Waals surface area contributed by atoms with Gasteiger partial charge in [0.15, 0.2) is 28.1 Å². The van der Waals surface area contributed by atoms with E-state index >= 15 is 0 Å². The first-order chi connectivity index (χ1) is 34.5. The SMILES string of the molecule is CC(C)(C)n1ccc(NC(=O)OCc2ccccc2)nc1=O.CC(C)(C)n1cnc2c(NC(=O)OCc3ccccc3)ncnc21.Cc1cn(C(C)(C)C)c(=O)[nH]c1=O.Cc1nc2c(ncn2C(C)(C)C)c(=O)[nH]1. The predicted molar refractivity (Wildman–Crippen MR) is 283 cm³/mol. The zero-order valence-corrected chi connectivity index (χ0v) is 44.4. The number of ether oxygens (including phenoxy) is 2. The van der Waals surface area contributed by atoms with Gasteiger partial charge in [0.05, 0.1) is 12.7 Å². The number of H-pyrrole nitrogens is 2. The zero-order chi connectivity index (χ0) is 54.8. The summed E-state index contributed by atoms with van der Waals surface area (Å²) in [5, 5.41) is 5.08. The molecule has 0 atom stereocenters. The van der Waals surface area contributed by atoms with Crippen LogP contribution >= 0.6 is 0 Å². The fourth-order valence-corrected chi connectivity index (χ4v) is 6.70. The summed E-state index contributed by atoms with van der Waals surface area (Å²) in [5.74, 6) is 1.11. The van der Waals surface area contributed by atoms with Crippen molar-refractivity contribution in [3.63, 3.8) is 0 Å². The maximum Gasteiger partial charge on any atom is 0.413 e. The lowest BCUT2D eigenvalue weighted by Crippen LogP contribution is -2.39. The number of imidazole rings is 2. The lowest BCUT2D eigenvalue weighted by atomic mass is 10.1. The van der Waals surface area contributed by atoms with Gasteiger partial charge < -0.3 is 23.6 Å². The smallest absolute Gasteiger partial charge is 0.413 e. The fraction of sp³-hybridized carbons (Fsp3) is 0.385. The van der Waals surface area contributed by atoms with E-state index in [1.54, 1.807) is 45.0 Å². The number of carbonyl (C=O) groups is 2. The number of benzene rings is 2. The molecule has 0 fully saturated rings. The molecule has 8 rings (SSSR count). The Bertz CT molecular complexity index is 3440. The number of rotatable bonds is 6. The van der Waals surface area contributed by atoms with Gasteiger partial charge in [0, 0.05) is 40.1 Å². The number of nitrogens with zero attached hydrogens (tertiary/aromatic N) is 10. The van der Waals surface area contributed by atoms with E-state index in [4.69, 9.17) is 9.47 Å². The van der Waals surface area contributed by atoms with Gasteiger partial charge in [-0.05, 0) is 114 Å². The monoisotopic (exact) mass is 1010 g/mol. The third kappa shape index (κ3) is 15.5. The van der Waals surface area contributed by atoms with Gasteiger partial charge in [-0.15, -0.1) is 0 Å². The van der Waals surface area contributed by atoms with Crippen LogP contribution in [-0.2, 0) is 44.8 Å². The molecule has 22 heteroatoms. The molecule has 0 saturated heterocycles. The molecule has 392 valence electrons. The molecule has 6 aromatic heterocycles. The lowest BCUT2D eigenvalue weighted by molar-refractivity contribution is 0.154. The topological polar surface area (TPSA) is 274 Å². The van der Waals surface area contributed by atoms with E-state index < -0.39 is 17.9 Å². The van der Waals surface area contributed by atoms with Crippen LogP contribution in [0.4, 0.5) is 21.2 Å². The minimum atomic E-state index is -0.649. The molecule has 0 bridgehead atoms. The largest absolute Gasteiger partial charge is 0.444 e. The fourth-order valence-electron chi connectivity index (χ4n) is 6.70. The molecule has 2 aromatic carbocycles. The van der Waals surface area contributed by atoms with Crippen molar-refractivity contribution in [1.29, 1.82) is 0 Å². The van der Waals surface area contributed by atoms with Crippen LogP contribution in [0.3, 0.4) is 0 Å². The van der Waals surface area contributed by atoms with Crippen molar-refractivity contribution >= 4 is 46.1 Å². The number of aromatic amines is 2. The minimum absolute atomic E-state index is 0.123. The van der Waals surface area contributed by atoms with Crippen molar-refractivity contribution in [2.75, 3.05) is 10.6 Å². The second-order valence-corrected chi connectivity index (χ2v) is 20.9. The molecule has 22 nitrogen and oxygen atoms in total. The van der Waals surface area contributed by atoms with Crippen LogP contribution in [0.15, 0.2) is 117 Å². The second kappa shape index (κ2) is 23.3. The molecule has 74 heavy (non-hydrogen) atoms. The Morgan fingerprint density at radius 2 is 1.05 bits per heavy atom. The van der Waals surface area contributed by atoms with Crippen LogP contribution in [-0.4, -0.2) is 70.3 Å². The molecule has 0 unspecified atom stereocenters. The van der Waals surface area contributed by atoms with Crippen LogP contribution in [0.1, 0.15) is 106 Å². The van der Waals surface area contributed by atoms with E-state index in [0.717, 1.165) is 11.1 Å². The van der Waals surface area contributed by atoms with Gasteiger partial charge in [0.2, 0.25) is 0 Å². The maximum absolute atomic E-state index is 12.0. The van der Waals surface area contributed by atoms with Crippen molar-refractivity contribution in [2.45, 2.75) is 132 Å². The predicted octanol–water partition coefficient (Wildman–Crippen LogP) is 7.86. The summed E-state index contributed by atoms with van der Waals surface area (Å²) >= 11 is 0. The molecular formula is C52H66N14O8. The Kier molecular flexibility index (Phi) is 17.8. The molecule has 6 heterocycles. The number of aryl methyl sites for hydroxylation is 2. The highest BCUT2D eigenvalue weighted by molar-refractivity contribution is 5.93. The van der Waals surface area contributed by atoms with Crippen LogP contribution < -0.4 is 33.1 Å². The first-order valence-electron chi connectivity index (χ1n) is 23.5. The Balaban J connectivity index is 0.000000188. The third-order valence-corrected chi connectivity index (χ3v) is 10.5. The number of fused-ring (bicyclic) bond motifs is 2. The first-order valence-corrected chi connectivity index (χ1v) is 23.5. The summed E-state index contributed by atoms with van der Waals surface area (Å²) in [6, 6.07) is 20.4. The number of nitrogens with one attached hydrogen (secondary N) is 4. The molecular weight excluding hydrogens is 949 g/mol. The molecule has 0 radical (unpaired) electrons. The first kappa shape index (κ1) is 56.4. The Labute approximate surface area is 427 Å². The molecule has 0 spiro atoms. The van der Waals surface area contributed by atoms with Crippen molar-refractivity contribution < 1.29 is 19.1 Å². The molecule has 0 saturated carbocycles. The highest BCUT2D eigenvalue weighted by Crippen LogP contribution is 2.24. The van der Waals surface area contributed by atoms with Crippen LogP contribution in [0, 0.1) is 13.8 Å². The quantitative estimate of drug-likeness (QED) is 0.123. The highest BCUT2D eigenvalue weighted by atomic mass is 16.6. The van der Waals surface area contributed by atoms with Crippen LogP contribution in [0.25, 0.3) is 22.3 Å². The maximum atomic E-state index is 12.0. The summed E-state index contributed by atoms with van der Waals surface area (Å²) in [7, 11) is 0. The summed E-state index contributed by atoms with van der Waals surface area (Å²) in [6.45, 7) is 27.5. The normalized spacial score (nSPS) is 11.5. The van der Waals surface area contributed by atoms with E-state index in [1.165, 1.54) is 15.5 Å². The summed E-state index contributed by atoms with van der Waals surface area (Å²) in [5.41, 5.74) is 2.35. The molecule has 2 amide bonds. The highest BCUT2D eigenvalue weighted by Gasteiger charge is 2.22. The Hall–Kier alpha value is -8.56. The average molecular weight is 1020 g/mol. The van der Waals surface area contributed by atoms with E-state index in [0.29, 0.717) is 39.5 Å². The average Bonchev–Trinajstić information content (AvgIpc) is 3.96. The lowest BCUT2D eigenvalue weighted by Gasteiger charge is -2.21. The second-order valence-electron chi connectivity index (χ2n) is 20.9. The van der Waals surface area contributed by atoms with Crippen LogP contribution in [0.2, 0.25) is 0 Å². The van der Waals surface area contributed by atoms with Crippen molar-refractivity contribution in [3.05, 3.63) is 162 Å². The number of amides is 2. The van der Waals surface area contributed by atoms with E-state index in [-0.39, 0.29) is 58.0 Å². The molecule has 0 aliphatic rings. The van der Waals surface area contributed by atoms with E-state index in [1.807, 2.05) is 132 Å². The van der Waals surface area contributed by atoms with Crippen molar-refractivity contribution in [3.8, 4) is 0 Å². The van der Waals surface area contributed by atoms with Gasteiger partial charge >= 0.3 is 23.6 Å². The Morgan fingerprint density at radius 1 is 0.554 bits per heavy atom. The van der Waals surface area contributed by atoms with Gasteiger partial charge in [-0.1, -0.05) is 60.7 Å². The molecule has 4 N–H and O–H groups in total. The minimum Gasteiger partial charge on any atom is -0.444 e. The number of hydrogen-bond donors (Lipinski definition) is 4.